The number of ether oxygens (including phenoxy) is 1. The van der Waals surface area contributed by atoms with E-state index in [4.69, 9.17) is 15.0 Å². The summed E-state index contributed by atoms with van der Waals surface area (Å²) in [6.45, 7) is 7.90. The Kier molecular flexibility index (Phi) is 7.58. The Bertz CT molecular complexity index is 1130. The molecule has 0 saturated carbocycles. The van der Waals surface area contributed by atoms with Gasteiger partial charge in [0, 0.05) is 19.2 Å². The topological polar surface area (TPSA) is 104 Å². The van der Waals surface area contributed by atoms with Crippen LogP contribution in [-0.2, 0) is 7.05 Å². The third-order valence-electron chi connectivity index (χ3n) is 5.52. The quantitative estimate of drug-likeness (QED) is 0.378. The average Bonchev–Trinajstić information content (AvgIpc) is 3.34. The molecule has 1 fully saturated rings. The summed E-state index contributed by atoms with van der Waals surface area (Å²) in [5.74, 6) is 1.50. The first-order chi connectivity index (χ1) is 15.5. The summed E-state index contributed by atoms with van der Waals surface area (Å²) in [7, 11) is 3.35. The summed E-state index contributed by atoms with van der Waals surface area (Å²) in [4.78, 5) is 21.5. The number of hydrogen-bond acceptors (Lipinski definition) is 7. The van der Waals surface area contributed by atoms with Crippen LogP contribution in [0, 0.1) is 17.2 Å². The van der Waals surface area contributed by atoms with Crippen LogP contribution >= 0.6 is 0 Å². The predicted molar refractivity (Wildman–Crippen MR) is 128 cm³/mol. The SMILES string of the molecule is C=N/C(C#N)=C\C=C(/C)c1nc(NC[C@H]2CCNC2)c(=O)n(C)c1-c1ccc(OC)cc1. The number of hydrogen-bond donors (Lipinski definition) is 2. The van der Waals surface area contributed by atoms with Crippen molar-refractivity contribution in [1.29, 1.82) is 5.26 Å². The van der Waals surface area contributed by atoms with Gasteiger partial charge in [0.05, 0.1) is 18.5 Å². The summed E-state index contributed by atoms with van der Waals surface area (Å²) in [5.41, 5.74) is 2.94. The van der Waals surface area contributed by atoms with Crippen LogP contribution in [0.2, 0.25) is 0 Å². The first-order valence-electron chi connectivity index (χ1n) is 10.4. The van der Waals surface area contributed by atoms with E-state index in [2.05, 4.69) is 22.3 Å². The molecule has 2 N–H and O–H groups in total. The number of nitrogens with zero attached hydrogens (tertiary/aromatic N) is 4. The number of allylic oxidation sites excluding steroid dienone is 4. The van der Waals surface area contributed by atoms with Crippen LogP contribution in [-0.4, -0.2) is 43.0 Å². The maximum absolute atomic E-state index is 13.1. The van der Waals surface area contributed by atoms with Crippen molar-refractivity contribution >= 4 is 18.1 Å². The zero-order chi connectivity index (χ0) is 23.1. The Hall–Kier alpha value is -3.70. The van der Waals surface area contributed by atoms with Crippen molar-refractivity contribution in [3.05, 3.63) is 58.2 Å². The average molecular weight is 433 g/mol. The lowest BCUT2D eigenvalue weighted by Gasteiger charge is -2.18. The Morgan fingerprint density at radius 1 is 1.44 bits per heavy atom. The zero-order valence-electron chi connectivity index (χ0n) is 18.7. The molecule has 0 amide bonds. The van der Waals surface area contributed by atoms with Gasteiger partial charge in [0.15, 0.2) is 5.82 Å². The third kappa shape index (κ3) is 5.13. The normalized spacial score (nSPS) is 16.5. The van der Waals surface area contributed by atoms with E-state index in [1.807, 2.05) is 37.3 Å². The minimum Gasteiger partial charge on any atom is -0.497 e. The first kappa shape index (κ1) is 23.0. The molecule has 1 atom stereocenters. The van der Waals surface area contributed by atoms with Gasteiger partial charge in [-0.3, -0.25) is 9.79 Å². The van der Waals surface area contributed by atoms with Crippen molar-refractivity contribution < 1.29 is 4.74 Å². The highest BCUT2D eigenvalue weighted by atomic mass is 16.5. The van der Waals surface area contributed by atoms with Gasteiger partial charge in [-0.2, -0.15) is 5.26 Å². The molecule has 1 aliphatic heterocycles. The molecule has 1 saturated heterocycles. The molecule has 8 heteroatoms. The Balaban J connectivity index is 2.11. The molecular formula is C24H28N6O2. The van der Waals surface area contributed by atoms with Crippen LogP contribution in [0.1, 0.15) is 19.0 Å². The van der Waals surface area contributed by atoms with Crippen LogP contribution in [0.25, 0.3) is 16.8 Å². The van der Waals surface area contributed by atoms with Crippen LogP contribution in [0.3, 0.4) is 0 Å². The number of benzene rings is 1. The largest absolute Gasteiger partial charge is 0.497 e. The predicted octanol–water partition coefficient (Wildman–Crippen LogP) is 2.99. The standard InChI is InChI=1S/C24H28N6O2/c1-16(5-8-19(13-25)26-2)21-22(18-6-9-20(32-4)10-7-18)30(3)24(31)23(29-21)28-15-17-11-12-27-14-17/h5-10,17,27H,2,11-12,14-15H2,1,3-4H3,(H,28,29)/b16-5+,19-8-/t17-/m0/s1. The van der Waals surface area contributed by atoms with Crippen LogP contribution in [0.5, 0.6) is 5.75 Å². The summed E-state index contributed by atoms with van der Waals surface area (Å²) in [5, 5.41) is 15.7. The van der Waals surface area contributed by atoms with E-state index in [9.17, 15) is 4.79 Å². The number of anilines is 1. The Morgan fingerprint density at radius 3 is 2.78 bits per heavy atom. The smallest absolute Gasteiger partial charge is 0.293 e. The van der Waals surface area contributed by atoms with E-state index in [0.29, 0.717) is 29.7 Å². The van der Waals surface area contributed by atoms with Gasteiger partial charge in [0.1, 0.15) is 17.5 Å². The van der Waals surface area contributed by atoms with Crippen LogP contribution in [0.15, 0.2) is 51.9 Å². The number of aromatic nitrogens is 2. The van der Waals surface area contributed by atoms with Crippen molar-refractivity contribution in [1.82, 2.24) is 14.9 Å². The number of rotatable bonds is 8. The number of methoxy groups -OCH3 is 1. The molecule has 0 unspecified atom stereocenters. The Morgan fingerprint density at radius 2 is 2.19 bits per heavy atom. The highest BCUT2D eigenvalue weighted by Gasteiger charge is 2.19. The number of nitrogens with one attached hydrogen (secondary N) is 2. The van der Waals surface area contributed by atoms with Gasteiger partial charge in [-0.15, -0.1) is 0 Å². The second-order valence-corrected chi connectivity index (χ2v) is 7.66. The lowest BCUT2D eigenvalue weighted by molar-refractivity contribution is 0.415. The molecule has 166 valence electrons. The minimum absolute atomic E-state index is 0.195. The minimum atomic E-state index is -0.195. The van der Waals surface area contributed by atoms with Crippen molar-refractivity contribution in [3.63, 3.8) is 0 Å². The van der Waals surface area contributed by atoms with Gasteiger partial charge in [-0.25, -0.2) is 4.98 Å². The van der Waals surface area contributed by atoms with Crippen LogP contribution in [0.4, 0.5) is 5.82 Å². The zero-order valence-corrected chi connectivity index (χ0v) is 18.7. The fraction of sp³-hybridized carbons (Fsp3) is 0.333. The Labute approximate surface area is 188 Å². The van der Waals surface area contributed by atoms with Gasteiger partial charge in [-0.1, -0.05) is 6.08 Å². The lowest BCUT2D eigenvalue weighted by atomic mass is 10.0. The van der Waals surface area contributed by atoms with Gasteiger partial charge in [0.2, 0.25) is 0 Å². The molecule has 0 bridgehead atoms. The van der Waals surface area contributed by atoms with Crippen LogP contribution < -0.4 is 20.9 Å². The van der Waals surface area contributed by atoms with E-state index in [0.717, 1.165) is 36.4 Å². The number of nitriles is 1. The molecule has 32 heavy (non-hydrogen) atoms. The fourth-order valence-electron chi connectivity index (χ4n) is 3.64. The maximum Gasteiger partial charge on any atom is 0.293 e. The van der Waals surface area contributed by atoms with Crippen molar-refractivity contribution in [2.75, 3.05) is 32.1 Å². The highest BCUT2D eigenvalue weighted by Crippen LogP contribution is 2.29. The van der Waals surface area contributed by atoms with E-state index < -0.39 is 0 Å². The summed E-state index contributed by atoms with van der Waals surface area (Å²) < 4.78 is 6.87. The summed E-state index contributed by atoms with van der Waals surface area (Å²) in [6.07, 6.45) is 4.42. The van der Waals surface area contributed by atoms with Gasteiger partial charge < -0.3 is 19.9 Å². The van der Waals surface area contributed by atoms with E-state index in [1.54, 1.807) is 30.9 Å². The van der Waals surface area contributed by atoms with E-state index in [-0.39, 0.29) is 11.3 Å². The number of aliphatic imine (C=N–C) groups is 1. The molecule has 2 aromatic rings. The second kappa shape index (κ2) is 10.6. The van der Waals surface area contributed by atoms with Crippen molar-refractivity contribution in [3.8, 4) is 23.1 Å². The second-order valence-electron chi connectivity index (χ2n) is 7.66. The monoisotopic (exact) mass is 432 g/mol. The highest BCUT2D eigenvalue weighted by molar-refractivity contribution is 5.78. The molecule has 1 aromatic heterocycles. The molecule has 0 spiro atoms. The van der Waals surface area contributed by atoms with Gasteiger partial charge >= 0.3 is 0 Å². The lowest BCUT2D eigenvalue weighted by Crippen LogP contribution is -2.28. The summed E-state index contributed by atoms with van der Waals surface area (Å²) in [6, 6.07) is 9.46. The van der Waals surface area contributed by atoms with E-state index >= 15 is 0 Å². The molecule has 1 aliphatic rings. The molecule has 3 rings (SSSR count). The first-order valence-corrected chi connectivity index (χ1v) is 10.4. The molecule has 8 nitrogen and oxygen atoms in total. The van der Waals surface area contributed by atoms with Crippen molar-refractivity contribution in [2.24, 2.45) is 18.0 Å². The van der Waals surface area contributed by atoms with Gasteiger partial charge in [-0.05, 0) is 75.0 Å². The summed E-state index contributed by atoms with van der Waals surface area (Å²) >= 11 is 0. The third-order valence-corrected chi connectivity index (χ3v) is 5.52. The maximum atomic E-state index is 13.1. The van der Waals surface area contributed by atoms with Crippen molar-refractivity contribution in [2.45, 2.75) is 13.3 Å². The molecule has 0 radical (unpaired) electrons. The molecule has 1 aromatic carbocycles. The van der Waals surface area contributed by atoms with Gasteiger partial charge in [0.25, 0.3) is 5.56 Å². The molecule has 2 heterocycles. The van der Waals surface area contributed by atoms with E-state index in [1.165, 1.54) is 0 Å². The molecular weight excluding hydrogens is 404 g/mol. The molecule has 0 aliphatic carbocycles. The fourth-order valence-corrected chi connectivity index (χ4v) is 3.64.